The number of nitrogens with one attached hydrogen (secondary N) is 1. The van der Waals surface area contributed by atoms with Crippen LogP contribution in [0.3, 0.4) is 0 Å². The predicted octanol–water partition coefficient (Wildman–Crippen LogP) is -0.745. The molecule has 2 aliphatic rings. The summed E-state index contributed by atoms with van der Waals surface area (Å²) in [6.45, 7) is 1.62. The van der Waals surface area contributed by atoms with Crippen LogP contribution in [0.15, 0.2) is 0 Å². The number of rotatable bonds is 6. The van der Waals surface area contributed by atoms with Crippen LogP contribution in [0.25, 0.3) is 0 Å². The third-order valence-electron chi connectivity index (χ3n) is 3.31. The van der Waals surface area contributed by atoms with E-state index >= 15 is 0 Å². The van der Waals surface area contributed by atoms with Crippen LogP contribution in [0.5, 0.6) is 0 Å². The normalized spacial score (nSPS) is 25.7. The lowest BCUT2D eigenvalue weighted by Crippen LogP contribution is -2.60. The van der Waals surface area contributed by atoms with Gasteiger partial charge in [0, 0.05) is 0 Å². The molecule has 5 nitrogen and oxygen atoms in total. The van der Waals surface area contributed by atoms with Crippen molar-refractivity contribution in [1.29, 1.82) is 0 Å². The number of amides is 1. The summed E-state index contributed by atoms with van der Waals surface area (Å²) in [7, 11) is 1.77. The van der Waals surface area contributed by atoms with Gasteiger partial charge in [0.15, 0.2) is 0 Å². The van der Waals surface area contributed by atoms with Crippen molar-refractivity contribution in [1.82, 2.24) is 5.32 Å². The van der Waals surface area contributed by atoms with E-state index in [1.165, 1.54) is 0 Å². The maximum absolute atomic E-state index is 11.5. The van der Waals surface area contributed by atoms with Gasteiger partial charge in [-0.15, -0.1) is 0 Å². The van der Waals surface area contributed by atoms with Gasteiger partial charge in [-0.3, -0.25) is 4.79 Å². The lowest BCUT2D eigenvalue weighted by Gasteiger charge is -2.34. The van der Waals surface area contributed by atoms with E-state index in [0.29, 0.717) is 25.7 Å². The molecule has 1 saturated heterocycles. The first kappa shape index (κ1) is 10.9. The largest absolute Gasteiger partial charge is 0.376 e. The summed E-state index contributed by atoms with van der Waals surface area (Å²) in [5.74, 6) is 0.0220. The molecule has 0 aromatic carbocycles. The van der Waals surface area contributed by atoms with Crippen LogP contribution in [0.4, 0.5) is 0 Å². The third kappa shape index (κ3) is 2.00. The Morgan fingerprint density at radius 3 is 2.60 bits per heavy atom. The van der Waals surface area contributed by atoms with Crippen molar-refractivity contribution in [3.05, 3.63) is 0 Å². The SMILES string of the molecule is CNC(COC1COC1)(C(N)=O)C1CC1. The monoisotopic (exact) mass is 214 g/mol. The zero-order valence-corrected chi connectivity index (χ0v) is 8.99. The zero-order chi connectivity index (χ0) is 10.9. The summed E-state index contributed by atoms with van der Waals surface area (Å²) in [5.41, 5.74) is 4.79. The summed E-state index contributed by atoms with van der Waals surface area (Å²) in [6.07, 6.45) is 2.23. The highest BCUT2D eigenvalue weighted by atomic mass is 16.6. The average molecular weight is 214 g/mol. The standard InChI is InChI=1S/C10H18N2O3/c1-12-10(9(11)13,7-2-3-7)6-15-8-4-14-5-8/h7-8,12H,2-6H2,1H3,(H2,11,13). The zero-order valence-electron chi connectivity index (χ0n) is 8.99. The van der Waals surface area contributed by atoms with Gasteiger partial charge in [0.05, 0.1) is 19.8 Å². The summed E-state index contributed by atoms with van der Waals surface area (Å²) in [5, 5.41) is 3.04. The van der Waals surface area contributed by atoms with Gasteiger partial charge in [0.2, 0.25) is 5.91 Å². The fourth-order valence-electron chi connectivity index (χ4n) is 1.93. The number of hydrogen-bond donors (Lipinski definition) is 2. The molecular weight excluding hydrogens is 196 g/mol. The van der Waals surface area contributed by atoms with Gasteiger partial charge >= 0.3 is 0 Å². The van der Waals surface area contributed by atoms with Gasteiger partial charge in [-0.05, 0) is 25.8 Å². The summed E-state index contributed by atoms with van der Waals surface area (Å²) >= 11 is 0. The van der Waals surface area contributed by atoms with Crippen molar-refractivity contribution >= 4 is 5.91 Å². The minimum Gasteiger partial charge on any atom is -0.376 e. The van der Waals surface area contributed by atoms with Crippen LogP contribution in [-0.2, 0) is 14.3 Å². The first-order chi connectivity index (χ1) is 7.19. The first-order valence-electron chi connectivity index (χ1n) is 5.37. The van der Waals surface area contributed by atoms with Crippen molar-refractivity contribution in [2.45, 2.75) is 24.5 Å². The molecule has 0 spiro atoms. The highest BCUT2D eigenvalue weighted by Gasteiger charge is 2.49. The predicted molar refractivity (Wildman–Crippen MR) is 54.3 cm³/mol. The van der Waals surface area contributed by atoms with E-state index in [9.17, 15) is 4.79 Å². The second-order valence-corrected chi connectivity index (χ2v) is 4.33. The Kier molecular flexibility index (Phi) is 2.95. The molecule has 15 heavy (non-hydrogen) atoms. The quantitative estimate of drug-likeness (QED) is 0.610. The van der Waals surface area contributed by atoms with Gasteiger partial charge in [0.1, 0.15) is 11.6 Å². The highest BCUT2D eigenvalue weighted by Crippen LogP contribution is 2.39. The van der Waals surface area contributed by atoms with Gasteiger partial charge in [-0.2, -0.15) is 0 Å². The molecule has 1 saturated carbocycles. The molecule has 0 aromatic heterocycles. The van der Waals surface area contributed by atoms with E-state index in [1.54, 1.807) is 7.05 Å². The second-order valence-electron chi connectivity index (χ2n) is 4.33. The number of primary amides is 1. The Balaban J connectivity index is 1.93. The van der Waals surface area contributed by atoms with E-state index in [0.717, 1.165) is 12.8 Å². The molecule has 0 aromatic rings. The smallest absolute Gasteiger partial charge is 0.240 e. The topological polar surface area (TPSA) is 73.6 Å². The summed E-state index contributed by atoms with van der Waals surface area (Å²) in [6, 6.07) is 0. The van der Waals surface area contributed by atoms with E-state index in [-0.39, 0.29) is 12.0 Å². The Morgan fingerprint density at radius 2 is 2.27 bits per heavy atom. The van der Waals surface area contributed by atoms with Gasteiger partial charge in [-0.25, -0.2) is 0 Å². The van der Waals surface area contributed by atoms with Crippen LogP contribution in [0.1, 0.15) is 12.8 Å². The molecule has 1 heterocycles. The minimum atomic E-state index is -0.671. The Bertz CT molecular complexity index is 251. The van der Waals surface area contributed by atoms with Crippen LogP contribution in [-0.4, -0.2) is 44.4 Å². The molecule has 1 amide bonds. The Labute approximate surface area is 89.3 Å². The number of likely N-dealkylation sites (N-methyl/N-ethyl adjacent to an activating group) is 1. The van der Waals surface area contributed by atoms with Crippen LogP contribution < -0.4 is 11.1 Å². The van der Waals surface area contributed by atoms with E-state index in [4.69, 9.17) is 15.2 Å². The molecule has 2 rings (SSSR count). The van der Waals surface area contributed by atoms with Crippen LogP contribution in [0, 0.1) is 5.92 Å². The highest BCUT2D eigenvalue weighted by molar-refractivity contribution is 5.85. The Hall–Kier alpha value is -0.650. The summed E-state index contributed by atoms with van der Waals surface area (Å²) in [4.78, 5) is 11.5. The maximum atomic E-state index is 11.5. The van der Waals surface area contributed by atoms with Gasteiger partial charge in [-0.1, -0.05) is 0 Å². The number of hydrogen-bond acceptors (Lipinski definition) is 4. The van der Waals surface area contributed by atoms with E-state index in [2.05, 4.69) is 5.32 Å². The molecule has 86 valence electrons. The number of carbonyl (C=O) groups is 1. The average Bonchev–Trinajstić information content (AvgIpc) is 2.92. The molecule has 2 fully saturated rings. The number of ether oxygens (including phenoxy) is 2. The Morgan fingerprint density at radius 1 is 1.60 bits per heavy atom. The molecular formula is C10H18N2O3. The third-order valence-corrected chi connectivity index (χ3v) is 3.31. The van der Waals surface area contributed by atoms with Gasteiger partial charge in [0.25, 0.3) is 0 Å². The van der Waals surface area contributed by atoms with Crippen molar-refractivity contribution in [3.8, 4) is 0 Å². The molecule has 1 unspecified atom stereocenters. The van der Waals surface area contributed by atoms with Crippen molar-refractivity contribution in [2.75, 3.05) is 26.9 Å². The molecule has 3 N–H and O–H groups in total. The van der Waals surface area contributed by atoms with E-state index in [1.807, 2.05) is 0 Å². The van der Waals surface area contributed by atoms with Crippen LogP contribution >= 0.6 is 0 Å². The first-order valence-corrected chi connectivity index (χ1v) is 5.37. The lowest BCUT2D eigenvalue weighted by molar-refractivity contribution is -0.151. The van der Waals surface area contributed by atoms with Gasteiger partial charge < -0.3 is 20.5 Å². The minimum absolute atomic E-state index is 0.135. The van der Waals surface area contributed by atoms with Crippen molar-refractivity contribution < 1.29 is 14.3 Å². The molecule has 5 heteroatoms. The molecule has 1 atom stereocenters. The number of nitrogens with two attached hydrogens (primary N) is 1. The molecule has 0 radical (unpaired) electrons. The summed E-state index contributed by atoms with van der Waals surface area (Å²) < 4.78 is 10.6. The van der Waals surface area contributed by atoms with Crippen molar-refractivity contribution in [2.24, 2.45) is 11.7 Å². The van der Waals surface area contributed by atoms with Crippen LogP contribution in [0.2, 0.25) is 0 Å². The maximum Gasteiger partial charge on any atom is 0.240 e. The molecule has 1 aliphatic carbocycles. The molecule has 1 aliphatic heterocycles. The lowest BCUT2D eigenvalue weighted by atomic mass is 9.93. The fourth-order valence-corrected chi connectivity index (χ4v) is 1.93. The molecule has 0 bridgehead atoms. The van der Waals surface area contributed by atoms with Crippen molar-refractivity contribution in [3.63, 3.8) is 0 Å². The fraction of sp³-hybridized carbons (Fsp3) is 0.900. The number of carbonyl (C=O) groups excluding carboxylic acids is 1. The second kappa shape index (κ2) is 4.08. The van der Waals surface area contributed by atoms with E-state index < -0.39 is 5.54 Å².